The Morgan fingerprint density at radius 3 is 2.31 bits per heavy atom. The zero-order valence-corrected chi connectivity index (χ0v) is 11.4. The molecular weight excluding hydrogens is 194 g/mol. The molecule has 0 aromatic carbocycles. The van der Waals surface area contributed by atoms with Gasteiger partial charge in [0, 0.05) is 8.07 Å². The number of rotatable bonds is 7. The zero-order valence-electron chi connectivity index (χ0n) is 9.60. The highest BCUT2D eigenvalue weighted by molar-refractivity contribution is 7.99. The van der Waals surface area contributed by atoms with E-state index < -0.39 is 8.07 Å². The molecule has 0 fully saturated rings. The van der Waals surface area contributed by atoms with Crippen molar-refractivity contribution in [1.82, 2.24) is 0 Å². The highest BCUT2D eigenvalue weighted by Gasteiger charge is 2.24. The minimum atomic E-state index is -0.899. The summed E-state index contributed by atoms with van der Waals surface area (Å²) in [7, 11) is -0.899. The second-order valence-corrected chi connectivity index (χ2v) is 11.4. The molecule has 13 heavy (non-hydrogen) atoms. The lowest BCUT2D eigenvalue weighted by molar-refractivity contribution is 0.851. The Kier molecular flexibility index (Phi) is 7.18. The third kappa shape index (κ3) is 6.58. The number of nitrogens with two attached hydrogens (primary N) is 1. The van der Waals surface area contributed by atoms with E-state index in [4.69, 9.17) is 5.73 Å². The van der Waals surface area contributed by atoms with Crippen molar-refractivity contribution in [2.24, 2.45) is 5.73 Å². The van der Waals surface area contributed by atoms with Gasteiger partial charge in [-0.15, -0.1) is 0 Å². The molecule has 0 amide bonds. The highest BCUT2D eigenvalue weighted by Crippen LogP contribution is 2.29. The van der Waals surface area contributed by atoms with E-state index in [1.807, 2.05) is 0 Å². The van der Waals surface area contributed by atoms with E-state index in [-0.39, 0.29) is 0 Å². The first-order valence-corrected chi connectivity index (χ1v) is 10.0. The minimum absolute atomic E-state index is 0.844. The predicted molar refractivity (Wildman–Crippen MR) is 68.4 cm³/mol. The number of hydrogen-bond donors (Lipinski definition) is 1. The molecule has 1 nitrogen and oxygen atoms in total. The molecule has 0 spiro atoms. The van der Waals surface area contributed by atoms with Crippen molar-refractivity contribution >= 4 is 19.8 Å². The van der Waals surface area contributed by atoms with Gasteiger partial charge in [-0.25, -0.2) is 0 Å². The normalized spacial score (nSPS) is 14.5. The van der Waals surface area contributed by atoms with Gasteiger partial charge in [0.1, 0.15) is 0 Å². The van der Waals surface area contributed by atoms with E-state index in [0.717, 1.165) is 12.1 Å². The van der Waals surface area contributed by atoms with Crippen LogP contribution >= 0.6 is 11.8 Å². The molecule has 2 N–H and O–H groups in total. The highest BCUT2D eigenvalue weighted by atomic mass is 32.2. The molecule has 0 aliphatic heterocycles. The molecule has 3 heteroatoms. The van der Waals surface area contributed by atoms with Crippen molar-refractivity contribution in [2.45, 2.75) is 44.9 Å². The number of hydrogen-bond acceptors (Lipinski definition) is 2. The first-order valence-electron chi connectivity index (χ1n) is 5.30. The molecule has 1 unspecified atom stereocenters. The molecule has 0 saturated heterocycles. The third-order valence-electron chi connectivity index (χ3n) is 2.53. The number of thioether (sulfide) groups is 1. The Morgan fingerprint density at radius 2 is 1.92 bits per heavy atom. The van der Waals surface area contributed by atoms with Crippen LogP contribution in [0.25, 0.3) is 0 Å². The first-order chi connectivity index (χ1) is 6.02. The van der Waals surface area contributed by atoms with E-state index >= 15 is 0 Å². The van der Waals surface area contributed by atoms with E-state index in [1.165, 1.54) is 24.3 Å². The molecule has 0 heterocycles. The van der Waals surface area contributed by atoms with E-state index in [1.54, 1.807) is 0 Å². The van der Waals surface area contributed by atoms with Crippen LogP contribution < -0.4 is 5.73 Å². The third-order valence-corrected chi connectivity index (χ3v) is 7.10. The zero-order chi connectivity index (χ0) is 10.3. The molecule has 0 aliphatic rings. The van der Waals surface area contributed by atoms with Gasteiger partial charge in [-0.2, -0.15) is 11.8 Å². The standard InChI is InChI=1S/C10H25NSSi/c1-5-10(13(2,3)4)9-12-8-6-7-11/h10H,5-9,11H2,1-4H3. The van der Waals surface area contributed by atoms with Crippen molar-refractivity contribution in [3.8, 4) is 0 Å². The van der Waals surface area contributed by atoms with Crippen molar-refractivity contribution in [3.05, 3.63) is 0 Å². The van der Waals surface area contributed by atoms with Crippen LogP contribution in [0.15, 0.2) is 0 Å². The van der Waals surface area contributed by atoms with Crippen LogP contribution in [0.2, 0.25) is 25.2 Å². The Balaban J connectivity index is 3.61. The summed E-state index contributed by atoms with van der Waals surface area (Å²) in [6.07, 6.45) is 2.53. The molecule has 0 bridgehead atoms. The van der Waals surface area contributed by atoms with Crippen LogP contribution in [0.1, 0.15) is 19.8 Å². The van der Waals surface area contributed by atoms with Gasteiger partial charge in [-0.3, -0.25) is 0 Å². The van der Waals surface area contributed by atoms with Gasteiger partial charge in [0.25, 0.3) is 0 Å². The van der Waals surface area contributed by atoms with Crippen LogP contribution in [0.5, 0.6) is 0 Å². The minimum Gasteiger partial charge on any atom is -0.330 e. The van der Waals surface area contributed by atoms with Gasteiger partial charge in [-0.05, 0) is 30.0 Å². The summed E-state index contributed by atoms with van der Waals surface area (Å²) in [6, 6.07) is 0. The van der Waals surface area contributed by atoms with Gasteiger partial charge in [0.2, 0.25) is 0 Å². The first kappa shape index (κ1) is 13.5. The molecule has 1 atom stereocenters. The Morgan fingerprint density at radius 1 is 1.31 bits per heavy atom. The molecular formula is C10H25NSSi. The average molecular weight is 219 g/mol. The van der Waals surface area contributed by atoms with E-state index in [9.17, 15) is 0 Å². The van der Waals surface area contributed by atoms with Crippen molar-refractivity contribution in [2.75, 3.05) is 18.1 Å². The summed E-state index contributed by atoms with van der Waals surface area (Å²) in [6.45, 7) is 10.6. The Labute approximate surface area is 88.9 Å². The molecule has 0 aromatic rings. The second kappa shape index (κ2) is 6.90. The van der Waals surface area contributed by atoms with Crippen LogP contribution in [0.4, 0.5) is 0 Å². The van der Waals surface area contributed by atoms with E-state index in [0.29, 0.717) is 0 Å². The molecule has 0 rings (SSSR count). The van der Waals surface area contributed by atoms with Gasteiger partial charge in [0.15, 0.2) is 0 Å². The summed E-state index contributed by atoms with van der Waals surface area (Å²) >= 11 is 2.09. The average Bonchev–Trinajstić information content (AvgIpc) is 2.02. The van der Waals surface area contributed by atoms with E-state index in [2.05, 4.69) is 38.3 Å². The van der Waals surface area contributed by atoms with Crippen LogP contribution in [-0.4, -0.2) is 26.1 Å². The van der Waals surface area contributed by atoms with Crippen LogP contribution in [-0.2, 0) is 0 Å². The van der Waals surface area contributed by atoms with Crippen molar-refractivity contribution in [1.29, 1.82) is 0 Å². The largest absolute Gasteiger partial charge is 0.330 e. The topological polar surface area (TPSA) is 26.0 Å². The Hall–Kier alpha value is 0.527. The lowest BCUT2D eigenvalue weighted by Crippen LogP contribution is -2.29. The van der Waals surface area contributed by atoms with Crippen molar-refractivity contribution < 1.29 is 0 Å². The fraction of sp³-hybridized carbons (Fsp3) is 1.00. The van der Waals surface area contributed by atoms with Gasteiger partial charge < -0.3 is 5.73 Å². The SMILES string of the molecule is CCC(CSCCCN)[Si](C)(C)C. The second-order valence-electron chi connectivity index (χ2n) is 4.69. The maximum Gasteiger partial charge on any atom is 0.0482 e. The summed E-state index contributed by atoms with van der Waals surface area (Å²) < 4.78 is 0. The van der Waals surface area contributed by atoms with Gasteiger partial charge >= 0.3 is 0 Å². The molecule has 80 valence electrons. The molecule has 0 aliphatic carbocycles. The smallest absolute Gasteiger partial charge is 0.0482 e. The van der Waals surface area contributed by atoms with Crippen LogP contribution in [0.3, 0.4) is 0 Å². The van der Waals surface area contributed by atoms with Gasteiger partial charge in [-0.1, -0.05) is 33.0 Å². The maximum absolute atomic E-state index is 5.46. The summed E-state index contributed by atoms with van der Waals surface area (Å²) in [5.41, 5.74) is 6.44. The lowest BCUT2D eigenvalue weighted by Gasteiger charge is -2.27. The van der Waals surface area contributed by atoms with Crippen LogP contribution in [0, 0.1) is 0 Å². The lowest BCUT2D eigenvalue weighted by atomic mass is 10.4. The fourth-order valence-corrected chi connectivity index (χ4v) is 6.03. The monoisotopic (exact) mass is 219 g/mol. The summed E-state index contributed by atoms with van der Waals surface area (Å²) in [4.78, 5) is 0. The predicted octanol–water partition coefficient (Wildman–Crippen LogP) is 3.19. The maximum atomic E-state index is 5.46. The van der Waals surface area contributed by atoms with Crippen molar-refractivity contribution in [3.63, 3.8) is 0 Å². The summed E-state index contributed by atoms with van der Waals surface area (Å²) in [5.74, 6) is 2.60. The molecule has 0 saturated carbocycles. The fourth-order valence-electron chi connectivity index (χ4n) is 1.39. The summed E-state index contributed by atoms with van der Waals surface area (Å²) in [5, 5.41) is 0. The Bertz CT molecular complexity index is 123. The molecule has 0 aromatic heterocycles. The van der Waals surface area contributed by atoms with Gasteiger partial charge in [0.05, 0.1) is 0 Å². The quantitative estimate of drug-likeness (QED) is 0.526. The molecule has 0 radical (unpaired) electrons.